The van der Waals surface area contributed by atoms with Crippen LogP contribution in [-0.4, -0.2) is 28.2 Å². The molecule has 0 radical (unpaired) electrons. The number of anilines is 3. The molecule has 0 aliphatic carbocycles. The van der Waals surface area contributed by atoms with Gasteiger partial charge in [-0.2, -0.15) is 5.10 Å². The second-order valence-corrected chi connectivity index (χ2v) is 6.97. The van der Waals surface area contributed by atoms with Crippen LogP contribution in [0, 0.1) is 0 Å². The average molecular weight is 413 g/mol. The highest BCUT2D eigenvalue weighted by Crippen LogP contribution is 2.20. The minimum absolute atomic E-state index is 0.280. The number of aromatic nitrogens is 3. The van der Waals surface area contributed by atoms with Gasteiger partial charge < -0.3 is 15.4 Å². The van der Waals surface area contributed by atoms with Crippen molar-refractivity contribution in [3.05, 3.63) is 95.8 Å². The van der Waals surface area contributed by atoms with Crippen molar-refractivity contribution in [2.45, 2.75) is 12.8 Å². The Morgan fingerprint density at radius 1 is 1.00 bits per heavy atom. The molecule has 0 atom stereocenters. The van der Waals surface area contributed by atoms with E-state index in [1.807, 2.05) is 54.6 Å². The van der Waals surface area contributed by atoms with Crippen molar-refractivity contribution in [2.24, 2.45) is 0 Å². The van der Waals surface area contributed by atoms with Gasteiger partial charge in [-0.3, -0.25) is 9.89 Å². The number of pyridine rings is 1. The van der Waals surface area contributed by atoms with Crippen molar-refractivity contribution in [1.29, 1.82) is 0 Å². The number of amides is 1. The Balaban J connectivity index is 1.40. The number of carbonyl (C=O) groups excluding carboxylic acids is 1. The summed E-state index contributed by atoms with van der Waals surface area (Å²) < 4.78 is 5.27. The molecule has 0 aliphatic heterocycles. The maximum atomic E-state index is 12.8. The SMILES string of the molecule is COc1cccc(CCc2cc(NC(=O)c3cccnc3Nc3ccccc3)n[nH]2)c1. The molecule has 2 aromatic carbocycles. The summed E-state index contributed by atoms with van der Waals surface area (Å²) in [6.07, 6.45) is 3.25. The van der Waals surface area contributed by atoms with E-state index in [2.05, 4.69) is 31.9 Å². The molecular formula is C24H23N5O2. The minimum atomic E-state index is -0.280. The van der Waals surface area contributed by atoms with Crippen molar-refractivity contribution >= 4 is 23.2 Å². The molecule has 3 N–H and O–H groups in total. The van der Waals surface area contributed by atoms with Crippen molar-refractivity contribution in [1.82, 2.24) is 15.2 Å². The van der Waals surface area contributed by atoms with Crippen LogP contribution < -0.4 is 15.4 Å². The quantitative estimate of drug-likeness (QED) is 0.393. The number of rotatable bonds is 8. The standard InChI is InChI=1S/C24H23N5O2/c1-31-20-10-5-7-17(15-20)12-13-19-16-22(29-28-19)27-24(30)21-11-6-14-25-23(21)26-18-8-3-2-4-9-18/h2-11,14-16H,12-13H2,1H3,(H,25,26)(H2,27,28,29,30). The zero-order valence-electron chi connectivity index (χ0n) is 17.1. The van der Waals surface area contributed by atoms with Crippen molar-refractivity contribution in [2.75, 3.05) is 17.7 Å². The molecule has 7 nitrogen and oxygen atoms in total. The first kappa shape index (κ1) is 20.2. The van der Waals surface area contributed by atoms with E-state index in [0.29, 0.717) is 17.2 Å². The number of nitrogens with one attached hydrogen (secondary N) is 3. The molecule has 1 amide bonds. The zero-order valence-corrected chi connectivity index (χ0v) is 17.1. The predicted octanol–water partition coefficient (Wildman–Crippen LogP) is 4.59. The Morgan fingerprint density at radius 3 is 2.71 bits per heavy atom. The van der Waals surface area contributed by atoms with Crippen LogP contribution in [0.15, 0.2) is 79.0 Å². The number of ether oxygens (including phenoxy) is 1. The van der Waals surface area contributed by atoms with E-state index < -0.39 is 0 Å². The number of aryl methyl sites for hydroxylation is 2. The lowest BCUT2D eigenvalue weighted by molar-refractivity contribution is 0.102. The van der Waals surface area contributed by atoms with Gasteiger partial charge in [-0.05, 0) is 54.8 Å². The summed E-state index contributed by atoms with van der Waals surface area (Å²) in [7, 11) is 1.66. The number of carbonyl (C=O) groups is 1. The second-order valence-electron chi connectivity index (χ2n) is 6.97. The predicted molar refractivity (Wildman–Crippen MR) is 121 cm³/mol. The number of methoxy groups -OCH3 is 1. The van der Waals surface area contributed by atoms with Gasteiger partial charge >= 0.3 is 0 Å². The van der Waals surface area contributed by atoms with Crippen LogP contribution >= 0.6 is 0 Å². The van der Waals surface area contributed by atoms with Gasteiger partial charge in [0.05, 0.1) is 12.7 Å². The van der Waals surface area contributed by atoms with Crippen LogP contribution in [0.5, 0.6) is 5.75 Å². The van der Waals surface area contributed by atoms with E-state index >= 15 is 0 Å². The number of benzene rings is 2. The second kappa shape index (κ2) is 9.58. The summed E-state index contributed by atoms with van der Waals surface area (Å²) in [6, 6.07) is 22.9. The van der Waals surface area contributed by atoms with E-state index in [4.69, 9.17) is 4.74 Å². The maximum absolute atomic E-state index is 12.8. The first-order valence-electron chi connectivity index (χ1n) is 9.97. The van der Waals surface area contributed by atoms with Gasteiger partial charge in [0.25, 0.3) is 5.91 Å². The Bertz CT molecular complexity index is 1160. The van der Waals surface area contributed by atoms with E-state index in [1.54, 1.807) is 25.4 Å². The molecule has 0 saturated carbocycles. The van der Waals surface area contributed by atoms with Gasteiger partial charge in [0.1, 0.15) is 11.6 Å². The molecule has 0 saturated heterocycles. The third-order valence-corrected chi connectivity index (χ3v) is 4.78. The van der Waals surface area contributed by atoms with Crippen molar-refractivity contribution in [3.8, 4) is 5.75 Å². The maximum Gasteiger partial charge on any atom is 0.260 e. The lowest BCUT2D eigenvalue weighted by Crippen LogP contribution is -2.14. The van der Waals surface area contributed by atoms with Gasteiger partial charge in [0, 0.05) is 23.6 Å². The lowest BCUT2D eigenvalue weighted by atomic mass is 10.1. The minimum Gasteiger partial charge on any atom is -0.497 e. The highest BCUT2D eigenvalue weighted by molar-refractivity contribution is 6.07. The van der Waals surface area contributed by atoms with Gasteiger partial charge in [0.15, 0.2) is 5.82 Å². The van der Waals surface area contributed by atoms with Gasteiger partial charge in [-0.15, -0.1) is 0 Å². The Labute approximate surface area is 180 Å². The van der Waals surface area contributed by atoms with Gasteiger partial charge in [0.2, 0.25) is 0 Å². The first-order chi connectivity index (χ1) is 15.2. The number of para-hydroxylation sites is 1. The van der Waals surface area contributed by atoms with E-state index in [1.165, 1.54) is 5.56 Å². The molecular weight excluding hydrogens is 390 g/mol. The number of H-pyrrole nitrogens is 1. The average Bonchev–Trinajstić information content (AvgIpc) is 3.26. The van der Waals surface area contributed by atoms with E-state index in [9.17, 15) is 4.79 Å². The highest BCUT2D eigenvalue weighted by Gasteiger charge is 2.14. The van der Waals surface area contributed by atoms with Gasteiger partial charge in [-0.1, -0.05) is 30.3 Å². The lowest BCUT2D eigenvalue weighted by Gasteiger charge is -2.10. The molecule has 31 heavy (non-hydrogen) atoms. The van der Waals surface area contributed by atoms with Gasteiger partial charge in [-0.25, -0.2) is 4.98 Å². The van der Waals surface area contributed by atoms with Crippen LogP contribution in [0.2, 0.25) is 0 Å². The Kier molecular flexibility index (Phi) is 6.23. The largest absolute Gasteiger partial charge is 0.497 e. The Hall–Kier alpha value is -4.13. The van der Waals surface area contributed by atoms with Crippen molar-refractivity contribution in [3.63, 3.8) is 0 Å². The highest BCUT2D eigenvalue weighted by atomic mass is 16.5. The zero-order chi connectivity index (χ0) is 21.5. The first-order valence-corrected chi connectivity index (χ1v) is 9.97. The molecule has 7 heteroatoms. The smallest absolute Gasteiger partial charge is 0.260 e. The summed E-state index contributed by atoms with van der Waals surface area (Å²) >= 11 is 0. The molecule has 2 heterocycles. The Morgan fingerprint density at radius 2 is 1.87 bits per heavy atom. The van der Waals surface area contributed by atoms with Crippen LogP contribution in [0.3, 0.4) is 0 Å². The topological polar surface area (TPSA) is 91.9 Å². The normalized spacial score (nSPS) is 10.5. The molecule has 156 valence electrons. The number of nitrogens with zero attached hydrogens (tertiary/aromatic N) is 2. The molecule has 4 aromatic rings. The monoisotopic (exact) mass is 413 g/mol. The summed E-state index contributed by atoms with van der Waals surface area (Å²) in [5, 5.41) is 13.2. The molecule has 4 rings (SSSR count). The fourth-order valence-electron chi connectivity index (χ4n) is 3.19. The summed E-state index contributed by atoms with van der Waals surface area (Å²) in [5.74, 6) is 1.52. The number of hydrogen-bond acceptors (Lipinski definition) is 5. The molecule has 0 bridgehead atoms. The molecule has 2 aromatic heterocycles. The number of hydrogen-bond donors (Lipinski definition) is 3. The van der Waals surface area contributed by atoms with Crippen LogP contribution in [0.1, 0.15) is 21.6 Å². The van der Waals surface area contributed by atoms with Crippen LogP contribution in [-0.2, 0) is 12.8 Å². The number of aromatic amines is 1. The fourth-order valence-corrected chi connectivity index (χ4v) is 3.19. The summed E-state index contributed by atoms with van der Waals surface area (Å²) in [4.78, 5) is 17.1. The van der Waals surface area contributed by atoms with Crippen LogP contribution in [0.4, 0.5) is 17.3 Å². The molecule has 0 aliphatic rings. The molecule has 0 spiro atoms. The van der Waals surface area contributed by atoms with Crippen molar-refractivity contribution < 1.29 is 9.53 Å². The van der Waals surface area contributed by atoms with E-state index in [0.717, 1.165) is 30.0 Å². The van der Waals surface area contributed by atoms with Crippen LogP contribution in [0.25, 0.3) is 0 Å². The third-order valence-electron chi connectivity index (χ3n) is 4.78. The fraction of sp³-hybridized carbons (Fsp3) is 0.125. The summed E-state index contributed by atoms with van der Waals surface area (Å²) in [5.41, 5.74) is 3.40. The van der Waals surface area contributed by atoms with E-state index in [-0.39, 0.29) is 5.91 Å². The third kappa shape index (κ3) is 5.27. The molecule has 0 unspecified atom stereocenters. The summed E-state index contributed by atoms with van der Waals surface area (Å²) in [6.45, 7) is 0. The molecule has 0 fully saturated rings.